The normalized spacial score (nSPS) is 10.9. The van der Waals surface area contributed by atoms with Crippen molar-refractivity contribution in [2.45, 2.75) is 6.67 Å². The molecule has 0 aliphatic heterocycles. The van der Waals surface area contributed by atoms with E-state index in [1.54, 1.807) is 31.0 Å². The van der Waals surface area contributed by atoms with Crippen LogP contribution in [-0.4, -0.2) is 49.1 Å². The molecule has 1 heterocycles. The zero-order chi connectivity index (χ0) is 19.9. The standard InChI is InChI=1S/C20H23N3O4S/c1-22(11-12-26-16-7-5-4-6-8-16)14-23-20(28)27-19(21-23)15-9-10-17(24-2)18(13-15)25-3/h4-10,13H,11-12,14H2,1-3H3. The molecule has 0 aliphatic carbocycles. The smallest absolute Gasteiger partial charge is 0.288 e. The van der Waals surface area contributed by atoms with Gasteiger partial charge in [0, 0.05) is 12.1 Å². The van der Waals surface area contributed by atoms with Crippen LogP contribution in [0.1, 0.15) is 0 Å². The van der Waals surface area contributed by atoms with Gasteiger partial charge in [0.15, 0.2) is 11.5 Å². The van der Waals surface area contributed by atoms with Gasteiger partial charge in [-0.3, -0.25) is 4.90 Å². The summed E-state index contributed by atoms with van der Waals surface area (Å²) in [7, 11) is 5.15. The molecule has 7 nitrogen and oxygen atoms in total. The molecule has 28 heavy (non-hydrogen) atoms. The van der Waals surface area contributed by atoms with Crippen molar-refractivity contribution >= 4 is 12.2 Å². The molecule has 148 valence electrons. The second-order valence-electron chi connectivity index (χ2n) is 6.13. The third-order valence-corrected chi connectivity index (χ3v) is 4.39. The highest BCUT2D eigenvalue weighted by molar-refractivity contribution is 7.71. The number of ether oxygens (including phenoxy) is 3. The van der Waals surface area contributed by atoms with Gasteiger partial charge < -0.3 is 18.6 Å². The zero-order valence-corrected chi connectivity index (χ0v) is 16.9. The van der Waals surface area contributed by atoms with E-state index in [1.807, 2.05) is 43.4 Å². The molecule has 2 aromatic carbocycles. The van der Waals surface area contributed by atoms with Crippen LogP contribution in [0, 0.1) is 4.84 Å². The van der Waals surface area contributed by atoms with Crippen LogP contribution in [-0.2, 0) is 6.67 Å². The van der Waals surface area contributed by atoms with E-state index in [9.17, 15) is 0 Å². The number of methoxy groups -OCH3 is 2. The highest BCUT2D eigenvalue weighted by Gasteiger charge is 2.13. The molecule has 1 aromatic heterocycles. The van der Waals surface area contributed by atoms with Crippen LogP contribution in [0.4, 0.5) is 0 Å². The van der Waals surface area contributed by atoms with Gasteiger partial charge in [-0.2, -0.15) is 0 Å². The first kappa shape index (κ1) is 19.9. The molecule has 0 atom stereocenters. The number of aromatic nitrogens is 2. The summed E-state index contributed by atoms with van der Waals surface area (Å²) in [4.78, 5) is 2.36. The number of nitrogens with zero attached hydrogens (tertiary/aromatic N) is 3. The van der Waals surface area contributed by atoms with Crippen LogP contribution in [0.15, 0.2) is 52.9 Å². The quantitative estimate of drug-likeness (QED) is 0.505. The number of likely N-dealkylation sites (N-methyl/N-ethyl adjacent to an activating group) is 1. The number of benzene rings is 2. The van der Waals surface area contributed by atoms with E-state index in [1.165, 1.54) is 0 Å². The van der Waals surface area contributed by atoms with Crippen molar-refractivity contribution in [2.24, 2.45) is 0 Å². The topological polar surface area (TPSA) is 61.9 Å². The Morgan fingerprint density at radius 1 is 1.07 bits per heavy atom. The minimum Gasteiger partial charge on any atom is -0.493 e. The predicted octanol–water partition coefficient (Wildman–Crippen LogP) is 3.86. The van der Waals surface area contributed by atoms with Crippen molar-refractivity contribution in [3.05, 3.63) is 53.4 Å². The molecule has 0 spiro atoms. The van der Waals surface area contributed by atoms with E-state index < -0.39 is 0 Å². The fourth-order valence-electron chi connectivity index (χ4n) is 2.62. The zero-order valence-electron chi connectivity index (χ0n) is 16.1. The molecule has 3 aromatic rings. The van der Waals surface area contributed by atoms with Crippen molar-refractivity contribution in [3.8, 4) is 28.7 Å². The third-order valence-electron chi connectivity index (χ3n) is 4.10. The van der Waals surface area contributed by atoms with Crippen molar-refractivity contribution in [1.29, 1.82) is 0 Å². The van der Waals surface area contributed by atoms with Gasteiger partial charge in [-0.25, -0.2) is 4.68 Å². The second-order valence-corrected chi connectivity index (χ2v) is 6.47. The Morgan fingerprint density at radius 2 is 1.82 bits per heavy atom. The Bertz CT molecular complexity index is 956. The third kappa shape index (κ3) is 4.90. The summed E-state index contributed by atoms with van der Waals surface area (Å²) in [6.45, 7) is 1.78. The lowest BCUT2D eigenvalue weighted by Gasteiger charge is -2.16. The number of hydrogen-bond acceptors (Lipinski definition) is 7. The van der Waals surface area contributed by atoms with Crippen molar-refractivity contribution in [3.63, 3.8) is 0 Å². The Morgan fingerprint density at radius 3 is 2.54 bits per heavy atom. The number of para-hydroxylation sites is 1. The summed E-state index contributed by atoms with van der Waals surface area (Å²) in [5, 5.41) is 4.48. The molecule has 0 bridgehead atoms. The van der Waals surface area contributed by atoms with Crippen LogP contribution in [0.3, 0.4) is 0 Å². The SMILES string of the molecule is COc1ccc(-c2nn(CN(C)CCOc3ccccc3)c(=S)o2)cc1OC. The molecule has 0 unspecified atom stereocenters. The van der Waals surface area contributed by atoms with Gasteiger partial charge in [-0.05, 0) is 49.6 Å². The van der Waals surface area contributed by atoms with E-state index in [2.05, 4.69) is 10.00 Å². The fourth-order valence-corrected chi connectivity index (χ4v) is 2.79. The van der Waals surface area contributed by atoms with E-state index in [0.717, 1.165) is 17.9 Å². The van der Waals surface area contributed by atoms with Gasteiger partial charge in [0.1, 0.15) is 12.4 Å². The molecule has 0 amide bonds. The minimum atomic E-state index is 0.306. The predicted molar refractivity (Wildman–Crippen MR) is 108 cm³/mol. The largest absolute Gasteiger partial charge is 0.493 e. The highest BCUT2D eigenvalue weighted by Crippen LogP contribution is 2.31. The van der Waals surface area contributed by atoms with Crippen LogP contribution in [0.5, 0.6) is 17.2 Å². The summed E-state index contributed by atoms with van der Waals surface area (Å²) < 4.78 is 23.6. The van der Waals surface area contributed by atoms with Gasteiger partial charge in [0.25, 0.3) is 4.84 Å². The van der Waals surface area contributed by atoms with Gasteiger partial charge >= 0.3 is 0 Å². The van der Waals surface area contributed by atoms with Crippen LogP contribution in [0.25, 0.3) is 11.5 Å². The van der Waals surface area contributed by atoms with Gasteiger partial charge in [0.2, 0.25) is 5.89 Å². The van der Waals surface area contributed by atoms with Crippen LogP contribution < -0.4 is 14.2 Å². The van der Waals surface area contributed by atoms with Crippen molar-refractivity contribution in [1.82, 2.24) is 14.7 Å². The first-order valence-corrected chi connectivity index (χ1v) is 9.18. The van der Waals surface area contributed by atoms with E-state index in [0.29, 0.717) is 35.5 Å². The highest BCUT2D eigenvalue weighted by atomic mass is 32.1. The van der Waals surface area contributed by atoms with E-state index >= 15 is 0 Å². The summed E-state index contributed by atoms with van der Waals surface area (Å²) in [5.41, 5.74) is 0.762. The van der Waals surface area contributed by atoms with E-state index in [4.69, 9.17) is 30.8 Å². The molecular weight excluding hydrogens is 378 g/mol. The molecule has 3 rings (SSSR count). The summed E-state index contributed by atoms with van der Waals surface area (Å²) >= 11 is 5.31. The second kappa shape index (κ2) is 9.38. The molecule has 0 saturated carbocycles. The van der Waals surface area contributed by atoms with Crippen molar-refractivity contribution in [2.75, 3.05) is 34.4 Å². The Hall–Kier alpha value is -2.84. The first-order valence-electron chi connectivity index (χ1n) is 8.77. The molecule has 8 heteroatoms. The molecular formula is C20H23N3O4S. The Kier molecular flexibility index (Phi) is 6.67. The molecule has 0 radical (unpaired) electrons. The Balaban J connectivity index is 1.63. The van der Waals surface area contributed by atoms with Crippen LogP contribution >= 0.6 is 12.2 Å². The lowest BCUT2D eigenvalue weighted by Crippen LogP contribution is -2.27. The average molecular weight is 401 g/mol. The summed E-state index contributed by atoms with van der Waals surface area (Å²) in [6.07, 6.45) is 0. The van der Waals surface area contributed by atoms with Gasteiger partial charge in [0.05, 0.1) is 20.9 Å². The first-order chi connectivity index (χ1) is 13.6. The maximum Gasteiger partial charge on any atom is 0.288 e. The molecule has 0 aliphatic rings. The lowest BCUT2D eigenvalue weighted by atomic mass is 10.2. The van der Waals surface area contributed by atoms with Crippen LogP contribution in [0.2, 0.25) is 0 Å². The maximum absolute atomic E-state index is 5.72. The van der Waals surface area contributed by atoms with E-state index in [-0.39, 0.29) is 0 Å². The lowest BCUT2D eigenvalue weighted by molar-refractivity contribution is 0.196. The summed E-state index contributed by atoms with van der Waals surface area (Å²) in [6, 6.07) is 15.2. The molecule has 0 fully saturated rings. The number of hydrogen-bond donors (Lipinski definition) is 0. The maximum atomic E-state index is 5.72. The Labute approximate surface area is 169 Å². The average Bonchev–Trinajstić information content (AvgIpc) is 3.08. The fraction of sp³-hybridized carbons (Fsp3) is 0.300. The van der Waals surface area contributed by atoms with Gasteiger partial charge in [-0.1, -0.05) is 18.2 Å². The minimum absolute atomic E-state index is 0.306. The van der Waals surface area contributed by atoms with Gasteiger partial charge in [-0.15, -0.1) is 5.10 Å². The van der Waals surface area contributed by atoms with Crippen molar-refractivity contribution < 1.29 is 18.6 Å². The molecule has 0 saturated heterocycles. The summed E-state index contributed by atoms with van der Waals surface area (Å²) in [5.74, 6) is 2.53. The molecule has 0 N–H and O–H groups in total. The number of rotatable bonds is 9. The monoisotopic (exact) mass is 401 g/mol.